The average Bonchev–Trinajstić information content (AvgIpc) is 2.92. The number of rotatable bonds is 4. The van der Waals surface area contributed by atoms with Gasteiger partial charge in [0.2, 0.25) is 0 Å². The van der Waals surface area contributed by atoms with Crippen LogP contribution in [0.4, 0.5) is 0 Å². The maximum Gasteiger partial charge on any atom is 0.0921 e. The molecule has 1 aliphatic rings. The van der Waals surface area contributed by atoms with E-state index in [1.165, 1.54) is 36.1 Å². The SMILES string of the molecule is c1ccc2c(c1)CC[C@H](NCCc1cnc[nH]1)C2. The van der Waals surface area contributed by atoms with Crippen molar-refractivity contribution in [2.45, 2.75) is 31.7 Å². The molecule has 1 aromatic carbocycles. The largest absolute Gasteiger partial charge is 0.348 e. The van der Waals surface area contributed by atoms with Gasteiger partial charge in [0, 0.05) is 30.9 Å². The molecule has 2 aromatic rings. The van der Waals surface area contributed by atoms with Gasteiger partial charge >= 0.3 is 0 Å². The topological polar surface area (TPSA) is 40.7 Å². The third-order valence-electron chi connectivity index (χ3n) is 3.73. The first-order valence-electron chi connectivity index (χ1n) is 6.69. The Balaban J connectivity index is 1.51. The van der Waals surface area contributed by atoms with Gasteiger partial charge < -0.3 is 10.3 Å². The molecule has 0 spiro atoms. The molecule has 2 N–H and O–H groups in total. The van der Waals surface area contributed by atoms with Gasteiger partial charge in [0.25, 0.3) is 0 Å². The van der Waals surface area contributed by atoms with Crippen LogP contribution in [0.3, 0.4) is 0 Å². The van der Waals surface area contributed by atoms with E-state index in [2.05, 4.69) is 39.6 Å². The Hall–Kier alpha value is -1.61. The van der Waals surface area contributed by atoms with Crippen LogP contribution in [0.1, 0.15) is 23.2 Å². The summed E-state index contributed by atoms with van der Waals surface area (Å²) < 4.78 is 0. The molecule has 1 aromatic heterocycles. The normalized spacial score (nSPS) is 18.6. The maximum atomic E-state index is 4.03. The zero-order valence-electron chi connectivity index (χ0n) is 10.5. The smallest absolute Gasteiger partial charge is 0.0921 e. The van der Waals surface area contributed by atoms with E-state index in [9.17, 15) is 0 Å². The Morgan fingerprint density at radius 3 is 3.00 bits per heavy atom. The average molecular weight is 241 g/mol. The number of aromatic nitrogens is 2. The van der Waals surface area contributed by atoms with Gasteiger partial charge in [-0.3, -0.25) is 0 Å². The lowest BCUT2D eigenvalue weighted by molar-refractivity contribution is 0.461. The van der Waals surface area contributed by atoms with Crippen molar-refractivity contribution in [3.63, 3.8) is 0 Å². The van der Waals surface area contributed by atoms with Gasteiger partial charge in [-0.1, -0.05) is 24.3 Å². The highest BCUT2D eigenvalue weighted by Gasteiger charge is 2.17. The summed E-state index contributed by atoms with van der Waals surface area (Å²) >= 11 is 0. The molecule has 0 radical (unpaired) electrons. The minimum Gasteiger partial charge on any atom is -0.348 e. The molecular weight excluding hydrogens is 222 g/mol. The molecule has 3 heteroatoms. The van der Waals surface area contributed by atoms with Crippen LogP contribution in [0.25, 0.3) is 0 Å². The van der Waals surface area contributed by atoms with Crippen LogP contribution >= 0.6 is 0 Å². The predicted molar refractivity (Wildman–Crippen MR) is 72.5 cm³/mol. The van der Waals surface area contributed by atoms with Crippen molar-refractivity contribution in [2.24, 2.45) is 0 Å². The quantitative estimate of drug-likeness (QED) is 0.860. The van der Waals surface area contributed by atoms with E-state index in [-0.39, 0.29) is 0 Å². The summed E-state index contributed by atoms with van der Waals surface area (Å²) in [5.41, 5.74) is 4.26. The van der Waals surface area contributed by atoms with Gasteiger partial charge in [0.1, 0.15) is 0 Å². The zero-order chi connectivity index (χ0) is 12.2. The fraction of sp³-hybridized carbons (Fsp3) is 0.400. The molecule has 94 valence electrons. The molecule has 0 bridgehead atoms. The Morgan fingerprint density at radius 2 is 2.17 bits per heavy atom. The molecule has 3 nitrogen and oxygen atoms in total. The van der Waals surface area contributed by atoms with E-state index in [4.69, 9.17) is 0 Å². The zero-order valence-corrected chi connectivity index (χ0v) is 10.5. The Labute approximate surface area is 108 Å². The molecule has 18 heavy (non-hydrogen) atoms. The summed E-state index contributed by atoms with van der Waals surface area (Å²) in [6, 6.07) is 9.44. The van der Waals surface area contributed by atoms with Crippen LogP contribution in [0.2, 0.25) is 0 Å². The highest BCUT2D eigenvalue weighted by atomic mass is 14.9. The summed E-state index contributed by atoms with van der Waals surface area (Å²) in [5.74, 6) is 0. The number of hydrogen-bond acceptors (Lipinski definition) is 2. The van der Waals surface area contributed by atoms with Crippen molar-refractivity contribution in [1.82, 2.24) is 15.3 Å². The van der Waals surface area contributed by atoms with Crippen molar-refractivity contribution < 1.29 is 0 Å². The molecule has 0 saturated carbocycles. The van der Waals surface area contributed by atoms with Crippen LogP contribution in [-0.4, -0.2) is 22.6 Å². The molecule has 0 amide bonds. The van der Waals surface area contributed by atoms with Crippen LogP contribution in [-0.2, 0) is 19.3 Å². The first-order chi connectivity index (χ1) is 8.92. The third-order valence-corrected chi connectivity index (χ3v) is 3.73. The van der Waals surface area contributed by atoms with E-state index in [1.54, 1.807) is 6.33 Å². The highest BCUT2D eigenvalue weighted by Crippen LogP contribution is 2.20. The Kier molecular flexibility index (Phi) is 3.42. The molecule has 1 atom stereocenters. The second-order valence-corrected chi connectivity index (χ2v) is 4.99. The van der Waals surface area contributed by atoms with Crippen molar-refractivity contribution in [3.8, 4) is 0 Å². The summed E-state index contributed by atoms with van der Waals surface area (Å²) in [5, 5.41) is 3.65. The van der Waals surface area contributed by atoms with Crippen molar-refractivity contribution in [3.05, 3.63) is 53.6 Å². The molecule has 1 aliphatic carbocycles. The molecule has 0 unspecified atom stereocenters. The lowest BCUT2D eigenvalue weighted by Gasteiger charge is -2.25. The highest BCUT2D eigenvalue weighted by molar-refractivity contribution is 5.30. The summed E-state index contributed by atoms with van der Waals surface area (Å²) in [6.45, 7) is 1.02. The molecular formula is C15H19N3. The van der Waals surface area contributed by atoms with E-state index < -0.39 is 0 Å². The van der Waals surface area contributed by atoms with Gasteiger partial charge in [0.15, 0.2) is 0 Å². The van der Waals surface area contributed by atoms with Gasteiger partial charge in [-0.15, -0.1) is 0 Å². The number of benzene rings is 1. The number of imidazole rings is 1. The van der Waals surface area contributed by atoms with Crippen molar-refractivity contribution >= 4 is 0 Å². The van der Waals surface area contributed by atoms with Crippen LogP contribution < -0.4 is 5.32 Å². The summed E-state index contributed by atoms with van der Waals surface area (Å²) in [4.78, 5) is 7.17. The minimum absolute atomic E-state index is 0.628. The Morgan fingerprint density at radius 1 is 1.28 bits per heavy atom. The fourth-order valence-electron chi connectivity index (χ4n) is 2.70. The standard InChI is InChI=1S/C15H19N3/c1-2-4-13-9-14(6-5-12(13)3-1)17-8-7-15-10-16-11-18-15/h1-4,10-11,14,17H,5-9H2,(H,16,18)/t14-/m0/s1. The number of nitrogens with zero attached hydrogens (tertiary/aromatic N) is 1. The fourth-order valence-corrected chi connectivity index (χ4v) is 2.70. The van der Waals surface area contributed by atoms with Crippen molar-refractivity contribution in [1.29, 1.82) is 0 Å². The summed E-state index contributed by atoms with van der Waals surface area (Å²) in [7, 11) is 0. The van der Waals surface area contributed by atoms with E-state index in [1.807, 2.05) is 6.20 Å². The second kappa shape index (κ2) is 5.36. The molecule has 0 saturated heterocycles. The van der Waals surface area contributed by atoms with Gasteiger partial charge in [-0.2, -0.15) is 0 Å². The van der Waals surface area contributed by atoms with Gasteiger partial charge in [0.05, 0.1) is 6.33 Å². The first-order valence-corrected chi connectivity index (χ1v) is 6.69. The second-order valence-electron chi connectivity index (χ2n) is 4.99. The van der Waals surface area contributed by atoms with Gasteiger partial charge in [-0.25, -0.2) is 4.98 Å². The number of nitrogens with one attached hydrogen (secondary N) is 2. The van der Waals surface area contributed by atoms with Crippen LogP contribution in [0.15, 0.2) is 36.8 Å². The summed E-state index contributed by atoms with van der Waals surface area (Å²) in [6.07, 6.45) is 8.29. The third kappa shape index (κ3) is 2.62. The van der Waals surface area contributed by atoms with E-state index >= 15 is 0 Å². The molecule has 3 rings (SSSR count). The van der Waals surface area contributed by atoms with E-state index in [0.29, 0.717) is 6.04 Å². The lowest BCUT2D eigenvalue weighted by atomic mass is 9.88. The number of H-pyrrole nitrogens is 1. The molecule has 0 fully saturated rings. The Bertz CT molecular complexity index is 490. The first kappa shape index (κ1) is 11.5. The predicted octanol–water partition coefficient (Wildman–Crippen LogP) is 2.10. The number of aryl methyl sites for hydroxylation is 1. The van der Waals surface area contributed by atoms with E-state index in [0.717, 1.165) is 13.0 Å². The van der Waals surface area contributed by atoms with Crippen LogP contribution in [0, 0.1) is 0 Å². The maximum absolute atomic E-state index is 4.03. The molecule has 0 aliphatic heterocycles. The lowest BCUT2D eigenvalue weighted by Crippen LogP contribution is -2.35. The minimum atomic E-state index is 0.628. The number of fused-ring (bicyclic) bond motifs is 1. The number of hydrogen-bond donors (Lipinski definition) is 2. The number of aromatic amines is 1. The van der Waals surface area contributed by atoms with Crippen LogP contribution in [0.5, 0.6) is 0 Å². The molecule has 1 heterocycles. The monoisotopic (exact) mass is 241 g/mol. The van der Waals surface area contributed by atoms with Gasteiger partial charge in [-0.05, 0) is 30.4 Å². The van der Waals surface area contributed by atoms with Crippen molar-refractivity contribution in [2.75, 3.05) is 6.54 Å².